The summed E-state index contributed by atoms with van der Waals surface area (Å²) in [4.78, 5) is 2.54. The van der Waals surface area contributed by atoms with Gasteiger partial charge in [-0.1, -0.05) is 101 Å². The van der Waals surface area contributed by atoms with Crippen molar-refractivity contribution in [2.75, 3.05) is 4.90 Å². The Hall–Kier alpha value is -4.82. The van der Waals surface area contributed by atoms with Gasteiger partial charge >= 0.3 is 0 Å². The van der Waals surface area contributed by atoms with Crippen LogP contribution in [0.5, 0.6) is 0 Å². The maximum absolute atomic E-state index is 2.54. The Morgan fingerprint density at radius 1 is 0.545 bits per heavy atom. The van der Waals surface area contributed by atoms with Crippen molar-refractivity contribution in [1.29, 1.82) is 0 Å². The van der Waals surface area contributed by atoms with Crippen LogP contribution >= 0.6 is 0 Å². The highest BCUT2D eigenvalue weighted by atomic mass is 15.2. The van der Waals surface area contributed by atoms with Gasteiger partial charge in [0.1, 0.15) is 0 Å². The molecule has 0 saturated heterocycles. The van der Waals surface area contributed by atoms with E-state index in [1.165, 1.54) is 77.9 Å². The molecule has 1 aliphatic carbocycles. The normalized spacial score (nSPS) is 17.3. The molecule has 3 heterocycles. The number of benzene rings is 5. The van der Waals surface area contributed by atoms with Crippen LogP contribution < -0.4 is 4.90 Å². The van der Waals surface area contributed by atoms with E-state index < -0.39 is 0 Å². The fraction of sp³-hybridized carbons (Fsp3) is 0.190. The lowest BCUT2D eigenvalue weighted by molar-refractivity contribution is 0.598. The van der Waals surface area contributed by atoms with Crippen LogP contribution in [-0.4, -0.2) is 4.57 Å². The van der Waals surface area contributed by atoms with Crippen molar-refractivity contribution >= 4 is 44.6 Å². The average molecular weight is 569 g/mol. The second-order valence-electron chi connectivity index (χ2n) is 13.7. The van der Waals surface area contributed by atoms with Gasteiger partial charge in [0.05, 0.1) is 28.1 Å². The van der Waals surface area contributed by atoms with E-state index in [1.807, 2.05) is 0 Å². The first-order valence-electron chi connectivity index (χ1n) is 15.9. The molecule has 0 bridgehead atoms. The molecule has 214 valence electrons. The van der Waals surface area contributed by atoms with Gasteiger partial charge in [0.25, 0.3) is 0 Å². The zero-order valence-corrected chi connectivity index (χ0v) is 25.9. The standard InChI is InChI=1S/C42H36N2/c1-41(2)32-17-9-12-20-38(32)44-39-21-13-10-18-33(39)42(3,4)35-26-28(25-34(41)40(35)44)27-22-23-37-31(24-27)30-16-8-11-19-36(30)43(37)29-14-6-5-7-15-29/h6,8-26H,5,7H2,1-4H3. The number of hydrogen-bond acceptors (Lipinski definition) is 1. The molecule has 6 aromatic rings. The van der Waals surface area contributed by atoms with Crippen LogP contribution in [0.2, 0.25) is 0 Å². The Morgan fingerprint density at radius 2 is 1.16 bits per heavy atom. The molecule has 0 atom stereocenters. The molecule has 5 aromatic carbocycles. The van der Waals surface area contributed by atoms with E-state index in [1.54, 1.807) is 0 Å². The van der Waals surface area contributed by atoms with E-state index in [9.17, 15) is 0 Å². The minimum atomic E-state index is -0.143. The summed E-state index contributed by atoms with van der Waals surface area (Å²) in [5, 5.41) is 2.61. The number of allylic oxidation sites excluding steroid dienone is 4. The first-order valence-corrected chi connectivity index (χ1v) is 15.9. The Balaban J connectivity index is 1.32. The lowest BCUT2D eigenvalue weighted by Gasteiger charge is -2.49. The summed E-state index contributed by atoms with van der Waals surface area (Å²) in [5.74, 6) is 0. The number of hydrogen-bond donors (Lipinski definition) is 0. The quantitative estimate of drug-likeness (QED) is 0.202. The number of rotatable bonds is 2. The van der Waals surface area contributed by atoms with Crippen LogP contribution in [0.3, 0.4) is 0 Å². The Kier molecular flexibility index (Phi) is 5.17. The van der Waals surface area contributed by atoms with Crippen molar-refractivity contribution in [2.24, 2.45) is 0 Å². The van der Waals surface area contributed by atoms with Crippen molar-refractivity contribution in [3.8, 4) is 11.1 Å². The molecule has 0 fully saturated rings. The van der Waals surface area contributed by atoms with Gasteiger partial charge in [-0.15, -0.1) is 0 Å². The summed E-state index contributed by atoms with van der Waals surface area (Å²) in [7, 11) is 0. The second kappa shape index (κ2) is 8.86. The van der Waals surface area contributed by atoms with E-state index in [4.69, 9.17) is 0 Å². The van der Waals surface area contributed by atoms with Gasteiger partial charge in [0, 0.05) is 27.3 Å². The van der Waals surface area contributed by atoms with Crippen LogP contribution in [0.4, 0.5) is 17.1 Å². The molecular weight excluding hydrogens is 532 g/mol. The summed E-state index contributed by atoms with van der Waals surface area (Å²) in [6, 6.07) is 38.9. The minimum Gasteiger partial charge on any atom is -0.310 e. The van der Waals surface area contributed by atoms with Crippen LogP contribution in [0.25, 0.3) is 38.6 Å². The maximum Gasteiger partial charge on any atom is 0.0544 e. The maximum atomic E-state index is 2.54. The molecule has 0 N–H and O–H groups in total. The topological polar surface area (TPSA) is 8.17 Å². The molecule has 9 rings (SSSR count). The largest absolute Gasteiger partial charge is 0.310 e. The van der Waals surface area contributed by atoms with Gasteiger partial charge in [0.2, 0.25) is 0 Å². The zero-order chi connectivity index (χ0) is 29.8. The van der Waals surface area contributed by atoms with E-state index in [0.29, 0.717) is 0 Å². The predicted molar refractivity (Wildman–Crippen MR) is 186 cm³/mol. The van der Waals surface area contributed by atoms with Gasteiger partial charge in [0.15, 0.2) is 0 Å². The van der Waals surface area contributed by atoms with Crippen molar-refractivity contribution in [3.05, 3.63) is 144 Å². The molecule has 2 aliphatic heterocycles. The van der Waals surface area contributed by atoms with E-state index in [2.05, 4.69) is 159 Å². The Labute approximate surface area is 259 Å². The van der Waals surface area contributed by atoms with Gasteiger partial charge in [-0.2, -0.15) is 0 Å². The van der Waals surface area contributed by atoms with Crippen molar-refractivity contribution < 1.29 is 0 Å². The number of fused-ring (bicyclic) bond motifs is 7. The number of anilines is 3. The third-order valence-corrected chi connectivity index (χ3v) is 10.6. The summed E-state index contributed by atoms with van der Waals surface area (Å²) in [6.45, 7) is 9.60. The summed E-state index contributed by atoms with van der Waals surface area (Å²) in [6.07, 6.45) is 9.16. The van der Waals surface area contributed by atoms with E-state index in [0.717, 1.165) is 12.8 Å². The smallest absolute Gasteiger partial charge is 0.0544 e. The Morgan fingerprint density at radius 3 is 1.82 bits per heavy atom. The molecule has 0 unspecified atom stereocenters. The van der Waals surface area contributed by atoms with Gasteiger partial charge < -0.3 is 9.47 Å². The van der Waals surface area contributed by atoms with E-state index in [-0.39, 0.29) is 10.8 Å². The van der Waals surface area contributed by atoms with Crippen LogP contribution in [0, 0.1) is 0 Å². The molecule has 0 radical (unpaired) electrons. The van der Waals surface area contributed by atoms with E-state index >= 15 is 0 Å². The SMILES string of the molecule is CC1(C)c2ccccc2N2c3ccccc3C(C)(C)c3cc(-c4ccc5c(c4)c4ccccc4n5C4=CCCC=C4)cc1c32. The van der Waals surface area contributed by atoms with Crippen molar-refractivity contribution in [3.63, 3.8) is 0 Å². The second-order valence-corrected chi connectivity index (χ2v) is 13.7. The lowest BCUT2D eigenvalue weighted by Crippen LogP contribution is -2.38. The van der Waals surface area contributed by atoms with Crippen molar-refractivity contribution in [1.82, 2.24) is 4.57 Å². The van der Waals surface area contributed by atoms with Crippen LogP contribution in [0.1, 0.15) is 62.8 Å². The molecule has 2 nitrogen and oxygen atoms in total. The third kappa shape index (κ3) is 3.31. The van der Waals surface area contributed by atoms with Gasteiger partial charge in [-0.25, -0.2) is 0 Å². The first-order chi connectivity index (χ1) is 21.4. The zero-order valence-electron chi connectivity index (χ0n) is 25.9. The number of aromatic nitrogens is 1. The van der Waals surface area contributed by atoms with Gasteiger partial charge in [-0.3, -0.25) is 0 Å². The number of nitrogens with zero attached hydrogens (tertiary/aromatic N) is 2. The fourth-order valence-corrected chi connectivity index (χ4v) is 8.25. The lowest BCUT2D eigenvalue weighted by atomic mass is 9.65. The molecule has 2 heteroatoms. The highest BCUT2D eigenvalue weighted by Crippen LogP contribution is 2.60. The summed E-state index contributed by atoms with van der Waals surface area (Å²) in [5.41, 5.74) is 15.6. The van der Waals surface area contributed by atoms with Gasteiger partial charge in [-0.05, 0) is 94.8 Å². The summed E-state index contributed by atoms with van der Waals surface area (Å²) >= 11 is 0. The van der Waals surface area contributed by atoms with Crippen LogP contribution in [-0.2, 0) is 10.8 Å². The molecule has 3 aliphatic rings. The fourth-order valence-electron chi connectivity index (χ4n) is 8.25. The monoisotopic (exact) mass is 568 g/mol. The average Bonchev–Trinajstić information content (AvgIpc) is 3.38. The highest BCUT2D eigenvalue weighted by molar-refractivity contribution is 6.11. The predicted octanol–water partition coefficient (Wildman–Crippen LogP) is 11.4. The number of para-hydroxylation sites is 3. The summed E-state index contributed by atoms with van der Waals surface area (Å²) < 4.78 is 2.44. The van der Waals surface area contributed by atoms with Crippen molar-refractivity contribution in [2.45, 2.75) is 51.4 Å². The minimum absolute atomic E-state index is 0.143. The molecule has 0 spiro atoms. The highest BCUT2D eigenvalue weighted by Gasteiger charge is 2.45. The molecular formula is C42H36N2. The Bertz CT molecular complexity index is 2160. The molecule has 44 heavy (non-hydrogen) atoms. The molecule has 1 aromatic heterocycles. The van der Waals surface area contributed by atoms with Crippen LogP contribution in [0.15, 0.2) is 121 Å². The first kappa shape index (κ1) is 25.7. The molecule has 0 amide bonds. The molecule has 0 saturated carbocycles. The third-order valence-electron chi connectivity index (χ3n) is 10.6.